The molecule has 0 radical (unpaired) electrons. The highest BCUT2D eigenvalue weighted by molar-refractivity contribution is 6.76. The van der Waals surface area contributed by atoms with Crippen molar-refractivity contribution in [2.24, 2.45) is 7.05 Å². The molecule has 0 saturated heterocycles. The van der Waals surface area contributed by atoms with Crippen LogP contribution in [0.15, 0.2) is 79.1 Å². The zero-order valence-corrected chi connectivity index (χ0v) is 24.5. The van der Waals surface area contributed by atoms with Gasteiger partial charge < -0.3 is 19.4 Å². The Morgan fingerprint density at radius 2 is 1.67 bits per heavy atom. The predicted molar refractivity (Wildman–Crippen MR) is 164 cm³/mol. The average Bonchev–Trinajstić information content (AvgIpc) is 3.44. The van der Waals surface area contributed by atoms with Gasteiger partial charge in [-0.2, -0.15) is 0 Å². The van der Waals surface area contributed by atoms with Crippen molar-refractivity contribution in [3.8, 4) is 28.0 Å². The number of rotatable bonds is 9. The van der Waals surface area contributed by atoms with E-state index in [2.05, 4.69) is 49.2 Å². The topological polar surface area (TPSA) is 52.5 Å². The molecule has 1 aromatic heterocycles. The normalized spacial score (nSPS) is 14.0. The molecular weight excluding hydrogens is 524 g/mol. The van der Waals surface area contributed by atoms with Gasteiger partial charge in [-0.05, 0) is 53.1 Å². The highest BCUT2D eigenvalue weighted by Crippen LogP contribution is 2.41. The number of nitrogens with zero attached hydrogens (tertiary/aromatic N) is 1. The second-order valence-corrected chi connectivity index (χ2v) is 17.1. The van der Waals surface area contributed by atoms with Crippen LogP contribution in [-0.2, 0) is 16.6 Å². The van der Waals surface area contributed by atoms with Crippen LogP contribution in [-0.4, -0.2) is 31.9 Å². The molecule has 1 amide bonds. The van der Waals surface area contributed by atoms with Crippen molar-refractivity contribution in [2.75, 3.05) is 18.7 Å². The third kappa shape index (κ3) is 6.36. The summed E-state index contributed by atoms with van der Waals surface area (Å²) in [6.45, 7) is 7.96. The number of aromatic nitrogens is 1. The lowest BCUT2D eigenvalue weighted by Crippen LogP contribution is -2.22. The minimum atomic E-state index is -1.13. The second kappa shape index (κ2) is 11.3. The van der Waals surface area contributed by atoms with E-state index in [0.717, 1.165) is 57.5 Å². The molecule has 1 N–H and O–H groups in total. The highest BCUT2D eigenvalue weighted by atomic mass is 35.5. The van der Waals surface area contributed by atoms with Gasteiger partial charge in [0.15, 0.2) is 6.79 Å². The summed E-state index contributed by atoms with van der Waals surface area (Å²) in [5, 5.41) is 3.53. The van der Waals surface area contributed by atoms with Gasteiger partial charge in [-0.3, -0.25) is 4.79 Å². The summed E-state index contributed by atoms with van der Waals surface area (Å²) in [6, 6.07) is 23.1. The molecule has 200 valence electrons. The quantitative estimate of drug-likeness (QED) is 0.0978. The lowest BCUT2D eigenvalue weighted by Gasteiger charge is -2.16. The minimum absolute atomic E-state index is 0.126. The Hall–Kier alpha value is -3.58. The largest absolute Gasteiger partial charge is 0.467 e. The van der Waals surface area contributed by atoms with E-state index in [4.69, 9.17) is 21.1 Å². The molecule has 0 spiro atoms. The predicted octanol–water partition coefficient (Wildman–Crippen LogP) is 8.20. The smallest absolute Gasteiger partial charge is 0.256 e. The van der Waals surface area contributed by atoms with Gasteiger partial charge >= 0.3 is 0 Å². The second-order valence-electron chi connectivity index (χ2n) is 11.1. The van der Waals surface area contributed by atoms with E-state index in [1.807, 2.05) is 72.5 Å². The lowest BCUT2D eigenvalue weighted by molar-refractivity contribution is -0.110. The third-order valence-corrected chi connectivity index (χ3v) is 8.76. The number of carbonyl (C=O) groups excluding carboxylic acids is 1. The van der Waals surface area contributed by atoms with Gasteiger partial charge in [0.1, 0.15) is 5.75 Å². The van der Waals surface area contributed by atoms with Gasteiger partial charge in [-0.15, -0.1) is 0 Å². The van der Waals surface area contributed by atoms with Gasteiger partial charge in [0, 0.05) is 56.4 Å². The number of amides is 1. The number of benzene rings is 3. The number of para-hydroxylation sites is 1. The molecule has 0 saturated carbocycles. The summed E-state index contributed by atoms with van der Waals surface area (Å²) in [5.41, 5.74) is 7.06. The summed E-state index contributed by atoms with van der Waals surface area (Å²) in [4.78, 5) is 12.7. The van der Waals surface area contributed by atoms with Crippen LogP contribution in [0.2, 0.25) is 30.7 Å². The Morgan fingerprint density at radius 1 is 0.949 bits per heavy atom. The van der Waals surface area contributed by atoms with E-state index in [1.165, 1.54) is 0 Å². The Morgan fingerprint density at radius 3 is 2.36 bits per heavy atom. The fourth-order valence-electron chi connectivity index (χ4n) is 4.56. The molecule has 0 bridgehead atoms. The number of anilines is 1. The fraction of sp³-hybridized carbons (Fsp3) is 0.219. The molecule has 5 rings (SSSR count). The summed E-state index contributed by atoms with van der Waals surface area (Å²) in [6.07, 6.45) is 5.85. The zero-order valence-electron chi connectivity index (χ0n) is 22.8. The van der Waals surface area contributed by atoms with E-state index in [-0.39, 0.29) is 12.7 Å². The first-order valence-electron chi connectivity index (χ1n) is 13.1. The SMILES string of the molecule is Cn1ccc(/C=C2\C(=O)Nc3cc(Cl)c(-c4ccc(-c5ccccc5OCOCC[Si](C)(C)C)cc4)cc32)c1. The lowest BCUT2D eigenvalue weighted by atomic mass is 9.96. The Kier molecular flexibility index (Phi) is 7.80. The molecule has 2 heterocycles. The molecule has 39 heavy (non-hydrogen) atoms. The van der Waals surface area contributed by atoms with Gasteiger partial charge in [0.25, 0.3) is 5.91 Å². The van der Waals surface area contributed by atoms with Crippen molar-refractivity contribution in [3.63, 3.8) is 0 Å². The van der Waals surface area contributed by atoms with Crippen LogP contribution in [0.4, 0.5) is 5.69 Å². The number of carbonyl (C=O) groups is 1. The Bertz CT molecular complexity index is 1530. The number of halogens is 1. The maximum Gasteiger partial charge on any atom is 0.256 e. The van der Waals surface area contributed by atoms with E-state index in [1.54, 1.807) is 0 Å². The van der Waals surface area contributed by atoms with Crippen molar-refractivity contribution in [2.45, 2.75) is 25.7 Å². The molecule has 7 heteroatoms. The number of hydrogen-bond acceptors (Lipinski definition) is 3. The first-order chi connectivity index (χ1) is 18.7. The molecule has 0 atom stereocenters. The van der Waals surface area contributed by atoms with Gasteiger partial charge in [0.2, 0.25) is 0 Å². The molecule has 5 nitrogen and oxygen atoms in total. The van der Waals surface area contributed by atoms with Gasteiger partial charge in [0.05, 0.1) is 10.7 Å². The Labute approximate surface area is 236 Å². The molecule has 0 fully saturated rings. The van der Waals surface area contributed by atoms with Crippen molar-refractivity contribution >= 4 is 42.9 Å². The van der Waals surface area contributed by atoms with E-state index in [0.29, 0.717) is 10.6 Å². The standard InChI is InChI=1S/C32H33ClN2O3Si/c1-35-14-13-22(20-35)17-28-27-18-26(29(33)19-30(27)34-32(28)36)24-11-9-23(10-12-24)25-7-5-6-8-31(25)38-21-37-15-16-39(2,3)4/h5-14,17-20H,15-16,21H2,1-4H3,(H,34,36)/b28-17-. The van der Waals surface area contributed by atoms with Crippen LogP contribution in [0, 0.1) is 0 Å². The van der Waals surface area contributed by atoms with Crippen LogP contribution in [0.25, 0.3) is 33.9 Å². The zero-order chi connectivity index (χ0) is 27.6. The number of fused-ring (bicyclic) bond motifs is 1. The van der Waals surface area contributed by atoms with Crippen molar-refractivity contribution in [3.05, 3.63) is 95.3 Å². The summed E-state index contributed by atoms with van der Waals surface area (Å²) in [5.74, 6) is 0.660. The average molecular weight is 557 g/mol. The van der Waals surface area contributed by atoms with Crippen LogP contribution in [0.1, 0.15) is 11.1 Å². The summed E-state index contributed by atoms with van der Waals surface area (Å²) in [7, 11) is 0.826. The Balaban J connectivity index is 1.37. The van der Waals surface area contributed by atoms with E-state index >= 15 is 0 Å². The molecule has 4 aromatic rings. The summed E-state index contributed by atoms with van der Waals surface area (Å²) >= 11 is 6.69. The van der Waals surface area contributed by atoms with Crippen LogP contribution < -0.4 is 10.1 Å². The number of aryl methyl sites for hydroxylation is 1. The first-order valence-corrected chi connectivity index (χ1v) is 17.2. The molecule has 0 aliphatic carbocycles. The van der Waals surface area contributed by atoms with Gasteiger partial charge in [-0.1, -0.05) is 73.7 Å². The fourth-order valence-corrected chi connectivity index (χ4v) is 5.59. The monoisotopic (exact) mass is 556 g/mol. The number of ether oxygens (including phenoxy) is 2. The van der Waals surface area contributed by atoms with Crippen LogP contribution in [0.5, 0.6) is 5.75 Å². The third-order valence-electron chi connectivity index (χ3n) is 6.74. The van der Waals surface area contributed by atoms with Crippen LogP contribution >= 0.6 is 11.6 Å². The van der Waals surface area contributed by atoms with Crippen molar-refractivity contribution < 1.29 is 14.3 Å². The minimum Gasteiger partial charge on any atom is -0.467 e. The van der Waals surface area contributed by atoms with E-state index < -0.39 is 8.07 Å². The van der Waals surface area contributed by atoms with Crippen LogP contribution in [0.3, 0.4) is 0 Å². The maximum absolute atomic E-state index is 12.7. The van der Waals surface area contributed by atoms with Crippen molar-refractivity contribution in [1.29, 1.82) is 0 Å². The maximum atomic E-state index is 12.7. The number of nitrogens with one attached hydrogen (secondary N) is 1. The highest BCUT2D eigenvalue weighted by Gasteiger charge is 2.26. The molecular formula is C32H33ClN2O3Si. The summed E-state index contributed by atoms with van der Waals surface area (Å²) < 4.78 is 13.7. The molecule has 0 unspecified atom stereocenters. The number of hydrogen-bond donors (Lipinski definition) is 1. The van der Waals surface area contributed by atoms with Crippen molar-refractivity contribution in [1.82, 2.24) is 4.57 Å². The molecule has 1 aliphatic rings. The van der Waals surface area contributed by atoms with Gasteiger partial charge in [-0.25, -0.2) is 0 Å². The molecule has 1 aliphatic heterocycles. The van der Waals surface area contributed by atoms with E-state index in [9.17, 15) is 4.79 Å². The first kappa shape index (κ1) is 27.0. The molecule has 3 aromatic carbocycles.